The van der Waals surface area contributed by atoms with E-state index < -0.39 is 44.8 Å². The van der Waals surface area contributed by atoms with Crippen molar-refractivity contribution in [2.75, 3.05) is 0 Å². The second kappa shape index (κ2) is 5.38. The molecule has 0 saturated heterocycles. The van der Waals surface area contributed by atoms with Gasteiger partial charge in [0.05, 0.1) is 22.5 Å². The molecule has 1 aliphatic rings. The predicted molar refractivity (Wildman–Crippen MR) is 60.4 cm³/mol. The van der Waals surface area contributed by atoms with Gasteiger partial charge < -0.3 is 5.11 Å². The van der Waals surface area contributed by atoms with E-state index in [2.05, 4.69) is 0 Å². The van der Waals surface area contributed by atoms with E-state index in [1.807, 2.05) is 0 Å². The SMILES string of the molecule is CC(=O)CC1C(C(=O)O)=CC([N+](=O)[O-])C=C1[N+](=O)[O-]. The summed E-state index contributed by atoms with van der Waals surface area (Å²) in [5.74, 6) is -3.21. The van der Waals surface area contributed by atoms with Crippen molar-refractivity contribution in [1.82, 2.24) is 0 Å². The van der Waals surface area contributed by atoms with Gasteiger partial charge in [0, 0.05) is 17.4 Å². The van der Waals surface area contributed by atoms with Gasteiger partial charge in [0.2, 0.25) is 0 Å². The first-order chi connectivity index (χ1) is 8.73. The highest BCUT2D eigenvalue weighted by Crippen LogP contribution is 2.30. The average Bonchev–Trinajstić information content (AvgIpc) is 2.27. The fraction of sp³-hybridized carbons (Fsp3) is 0.400. The molecule has 9 nitrogen and oxygen atoms in total. The first-order valence-electron chi connectivity index (χ1n) is 5.18. The number of allylic oxidation sites excluding steroid dienone is 1. The monoisotopic (exact) mass is 270 g/mol. The predicted octanol–water partition coefficient (Wildman–Crippen LogP) is 0.412. The van der Waals surface area contributed by atoms with E-state index in [0.29, 0.717) is 0 Å². The minimum Gasteiger partial charge on any atom is -0.478 e. The lowest BCUT2D eigenvalue weighted by Gasteiger charge is -2.18. The first kappa shape index (κ1) is 14.5. The molecule has 2 unspecified atom stereocenters. The molecule has 0 saturated carbocycles. The number of hydrogen-bond donors (Lipinski definition) is 1. The highest BCUT2D eigenvalue weighted by Gasteiger charge is 2.40. The molecule has 102 valence electrons. The lowest BCUT2D eigenvalue weighted by atomic mass is 9.85. The molecule has 0 heterocycles. The maximum absolute atomic E-state index is 11.1. The van der Waals surface area contributed by atoms with Crippen LogP contribution in [0.15, 0.2) is 23.4 Å². The molecule has 2 atom stereocenters. The maximum Gasteiger partial charge on any atom is 0.332 e. The van der Waals surface area contributed by atoms with E-state index in [-0.39, 0.29) is 6.42 Å². The van der Waals surface area contributed by atoms with Crippen LogP contribution >= 0.6 is 0 Å². The highest BCUT2D eigenvalue weighted by atomic mass is 16.6. The van der Waals surface area contributed by atoms with Gasteiger partial charge in [-0.1, -0.05) is 0 Å². The van der Waals surface area contributed by atoms with E-state index in [4.69, 9.17) is 5.11 Å². The van der Waals surface area contributed by atoms with Crippen LogP contribution in [0.25, 0.3) is 0 Å². The zero-order chi connectivity index (χ0) is 14.7. The zero-order valence-corrected chi connectivity index (χ0v) is 9.81. The van der Waals surface area contributed by atoms with Crippen LogP contribution in [-0.4, -0.2) is 32.7 Å². The quantitative estimate of drug-likeness (QED) is 0.563. The topological polar surface area (TPSA) is 141 Å². The second-order valence-corrected chi connectivity index (χ2v) is 4.01. The van der Waals surface area contributed by atoms with Gasteiger partial charge in [-0.3, -0.25) is 25.0 Å². The molecule has 0 radical (unpaired) electrons. The molecule has 0 amide bonds. The third-order valence-electron chi connectivity index (χ3n) is 2.62. The van der Waals surface area contributed by atoms with Crippen LogP contribution < -0.4 is 0 Å². The van der Waals surface area contributed by atoms with Gasteiger partial charge in [-0.2, -0.15) is 0 Å². The Balaban J connectivity index is 3.30. The van der Waals surface area contributed by atoms with E-state index in [0.717, 1.165) is 19.1 Å². The molecule has 0 bridgehead atoms. The molecule has 0 aromatic carbocycles. The summed E-state index contributed by atoms with van der Waals surface area (Å²) in [7, 11) is 0. The molecule has 9 heteroatoms. The van der Waals surface area contributed by atoms with Crippen molar-refractivity contribution >= 4 is 11.8 Å². The van der Waals surface area contributed by atoms with Gasteiger partial charge in [-0.25, -0.2) is 4.79 Å². The number of carbonyl (C=O) groups excluding carboxylic acids is 1. The zero-order valence-electron chi connectivity index (χ0n) is 9.81. The van der Waals surface area contributed by atoms with Gasteiger partial charge in [0.1, 0.15) is 5.78 Å². The van der Waals surface area contributed by atoms with Gasteiger partial charge >= 0.3 is 5.97 Å². The molecule has 1 aliphatic carbocycles. The fourth-order valence-corrected chi connectivity index (χ4v) is 1.83. The summed E-state index contributed by atoms with van der Waals surface area (Å²) in [4.78, 5) is 41.9. The number of carboxylic acids is 1. The summed E-state index contributed by atoms with van der Waals surface area (Å²) in [5.41, 5.74) is -1.12. The van der Waals surface area contributed by atoms with Crippen LogP contribution in [-0.2, 0) is 9.59 Å². The molecule has 0 aromatic heterocycles. The van der Waals surface area contributed by atoms with Crippen LogP contribution in [0.4, 0.5) is 0 Å². The Bertz CT molecular complexity index is 488. The lowest BCUT2D eigenvalue weighted by Crippen LogP contribution is -2.30. The number of carbonyl (C=O) groups is 2. The van der Waals surface area contributed by atoms with Crippen molar-refractivity contribution in [3.05, 3.63) is 43.7 Å². The number of rotatable bonds is 5. The third kappa shape index (κ3) is 3.21. The smallest absolute Gasteiger partial charge is 0.332 e. The Labute approximate surface area is 106 Å². The van der Waals surface area contributed by atoms with Crippen molar-refractivity contribution in [1.29, 1.82) is 0 Å². The number of carboxylic acid groups (broad SMARTS) is 1. The largest absolute Gasteiger partial charge is 0.478 e. The van der Waals surface area contributed by atoms with E-state index in [1.54, 1.807) is 0 Å². The van der Waals surface area contributed by atoms with E-state index >= 15 is 0 Å². The van der Waals surface area contributed by atoms with Gasteiger partial charge in [-0.05, 0) is 6.92 Å². The number of hydrogen-bond acceptors (Lipinski definition) is 6. The minimum absolute atomic E-state index is 0.380. The fourth-order valence-electron chi connectivity index (χ4n) is 1.83. The normalized spacial score (nSPS) is 22.2. The van der Waals surface area contributed by atoms with Crippen LogP contribution in [0.1, 0.15) is 13.3 Å². The lowest BCUT2D eigenvalue weighted by molar-refractivity contribution is -0.501. The van der Waals surface area contributed by atoms with Crippen LogP contribution in [0, 0.1) is 26.1 Å². The Morgan fingerprint density at radius 3 is 2.26 bits per heavy atom. The van der Waals surface area contributed by atoms with Crippen molar-refractivity contribution in [2.45, 2.75) is 19.4 Å². The summed E-state index contributed by atoms with van der Waals surface area (Å²) in [6.07, 6.45) is 1.21. The summed E-state index contributed by atoms with van der Waals surface area (Å²) >= 11 is 0. The first-order valence-corrected chi connectivity index (χ1v) is 5.18. The summed E-state index contributed by atoms with van der Waals surface area (Å²) in [5, 5.41) is 30.5. The van der Waals surface area contributed by atoms with Crippen molar-refractivity contribution in [3.63, 3.8) is 0 Å². The number of nitro groups is 2. The summed E-state index contributed by atoms with van der Waals surface area (Å²) < 4.78 is 0. The minimum atomic E-state index is -1.57. The Kier molecular flexibility index (Phi) is 4.10. The Morgan fingerprint density at radius 1 is 1.32 bits per heavy atom. The second-order valence-electron chi connectivity index (χ2n) is 4.01. The molecule has 1 rings (SSSR count). The van der Waals surface area contributed by atoms with E-state index in [1.165, 1.54) is 0 Å². The molecule has 19 heavy (non-hydrogen) atoms. The third-order valence-corrected chi connectivity index (χ3v) is 2.62. The molecule has 0 spiro atoms. The Morgan fingerprint density at radius 2 is 1.89 bits per heavy atom. The standard InChI is InChI=1S/C10H10N2O7/c1-5(13)2-7-8(10(14)15)3-6(11(16)17)4-9(7)12(18)19/h3-4,6-7H,2H2,1H3,(H,14,15). The van der Waals surface area contributed by atoms with Gasteiger partial charge in [0.15, 0.2) is 0 Å². The number of Topliss-reactive ketones (excluding diaryl/α,β-unsaturated/α-hetero) is 1. The number of aliphatic carboxylic acids is 1. The van der Waals surface area contributed by atoms with Crippen LogP contribution in [0.5, 0.6) is 0 Å². The van der Waals surface area contributed by atoms with Crippen LogP contribution in [0.3, 0.4) is 0 Å². The maximum atomic E-state index is 11.1. The summed E-state index contributed by atoms with van der Waals surface area (Å²) in [6, 6.07) is -1.57. The molecular weight excluding hydrogens is 260 g/mol. The van der Waals surface area contributed by atoms with E-state index in [9.17, 15) is 29.8 Å². The molecule has 1 N–H and O–H groups in total. The van der Waals surface area contributed by atoms with Crippen molar-refractivity contribution in [3.8, 4) is 0 Å². The molecule has 0 aliphatic heterocycles. The average molecular weight is 270 g/mol. The van der Waals surface area contributed by atoms with Gasteiger partial charge in [0.25, 0.3) is 11.7 Å². The van der Waals surface area contributed by atoms with Gasteiger partial charge in [-0.15, -0.1) is 0 Å². The van der Waals surface area contributed by atoms with Crippen molar-refractivity contribution < 1.29 is 24.5 Å². The number of ketones is 1. The highest BCUT2D eigenvalue weighted by molar-refractivity contribution is 5.90. The summed E-state index contributed by atoms with van der Waals surface area (Å²) in [6.45, 7) is 1.16. The Hall–Kier alpha value is -2.58. The molecule has 0 fully saturated rings. The van der Waals surface area contributed by atoms with Crippen LogP contribution in [0.2, 0.25) is 0 Å². The molecule has 0 aromatic rings. The molecular formula is C10H10N2O7. The number of nitrogens with zero attached hydrogens (tertiary/aromatic N) is 2. The van der Waals surface area contributed by atoms with Crippen molar-refractivity contribution in [2.24, 2.45) is 5.92 Å².